The lowest BCUT2D eigenvalue weighted by Crippen LogP contribution is -1.98. The molecule has 0 bridgehead atoms. The summed E-state index contributed by atoms with van der Waals surface area (Å²) < 4.78 is 0. The van der Waals surface area contributed by atoms with E-state index in [4.69, 9.17) is 11.6 Å². The van der Waals surface area contributed by atoms with Gasteiger partial charge in [0, 0.05) is 12.0 Å². The average Bonchev–Trinajstić information content (AvgIpc) is 2.16. The highest BCUT2D eigenvalue weighted by Gasteiger charge is 2.01. The molecule has 0 radical (unpaired) electrons. The summed E-state index contributed by atoms with van der Waals surface area (Å²) in [5, 5.41) is 0. The fourth-order valence-electron chi connectivity index (χ4n) is 1.19. The molecule has 0 aromatic heterocycles. The van der Waals surface area contributed by atoms with E-state index in [1.807, 2.05) is 24.3 Å². The van der Waals surface area contributed by atoms with Crippen molar-refractivity contribution in [3.05, 3.63) is 35.4 Å². The Hall–Kier alpha value is -1.26. The molecule has 0 aliphatic carbocycles. The number of hydrogen-bond donors (Lipinski definition) is 0. The molecule has 1 nitrogen and oxygen atoms in total. The molecule has 1 aromatic carbocycles. The molecule has 1 aromatic rings. The highest BCUT2D eigenvalue weighted by molar-refractivity contribution is 6.19. The van der Waals surface area contributed by atoms with Gasteiger partial charge in [0.2, 0.25) is 0 Å². The molecule has 0 saturated carbocycles. The van der Waals surface area contributed by atoms with E-state index in [2.05, 4.69) is 11.8 Å². The Kier molecular flexibility index (Phi) is 4.22. The highest BCUT2D eigenvalue weighted by Crippen LogP contribution is 2.08. The second-order valence-electron chi connectivity index (χ2n) is 2.97. The molecule has 0 heterocycles. The molecule has 14 heavy (non-hydrogen) atoms. The van der Waals surface area contributed by atoms with Crippen LogP contribution in [0.1, 0.15) is 18.1 Å². The zero-order valence-electron chi connectivity index (χ0n) is 8.01. The van der Waals surface area contributed by atoms with Gasteiger partial charge in [0.15, 0.2) is 0 Å². The Bertz CT molecular complexity index is 385. The van der Waals surface area contributed by atoms with Gasteiger partial charge >= 0.3 is 0 Å². The zero-order valence-corrected chi connectivity index (χ0v) is 8.77. The smallest absolute Gasteiger partial charge is 0.134 e. The number of ketones is 1. The maximum atomic E-state index is 11.0. The molecule has 0 amide bonds. The van der Waals surface area contributed by atoms with Crippen LogP contribution in [-0.4, -0.2) is 11.7 Å². The third-order valence-corrected chi connectivity index (χ3v) is 1.88. The maximum absolute atomic E-state index is 11.0. The number of carbonyl (C=O) groups is 1. The molecule has 0 spiro atoms. The Morgan fingerprint density at radius 2 is 2.14 bits per heavy atom. The second-order valence-corrected chi connectivity index (χ2v) is 3.24. The third-order valence-electron chi connectivity index (χ3n) is 1.75. The standard InChI is InChI=1S/C12H11ClO/c1-10(14)9-12-6-3-2-5-11(12)7-4-8-13/h2-3,5-6H,8-9H2,1H3. The number of rotatable bonds is 2. The first-order valence-electron chi connectivity index (χ1n) is 4.36. The van der Waals surface area contributed by atoms with Crippen LogP contribution in [0.3, 0.4) is 0 Å². The first kappa shape index (κ1) is 10.8. The van der Waals surface area contributed by atoms with Crippen molar-refractivity contribution in [2.75, 3.05) is 5.88 Å². The van der Waals surface area contributed by atoms with Crippen LogP contribution in [0.15, 0.2) is 24.3 Å². The van der Waals surface area contributed by atoms with E-state index < -0.39 is 0 Å². The van der Waals surface area contributed by atoms with E-state index in [1.165, 1.54) is 0 Å². The summed E-state index contributed by atoms with van der Waals surface area (Å²) in [5.41, 5.74) is 1.86. The summed E-state index contributed by atoms with van der Waals surface area (Å²) in [6.07, 6.45) is 0.438. The molecule has 72 valence electrons. The van der Waals surface area contributed by atoms with Crippen LogP contribution in [0.4, 0.5) is 0 Å². The van der Waals surface area contributed by atoms with Gasteiger partial charge in [-0.15, -0.1) is 11.6 Å². The van der Waals surface area contributed by atoms with Crippen LogP contribution in [0.5, 0.6) is 0 Å². The van der Waals surface area contributed by atoms with Gasteiger partial charge in [0.25, 0.3) is 0 Å². The normalized spacial score (nSPS) is 9.00. The Balaban J connectivity index is 2.96. The topological polar surface area (TPSA) is 17.1 Å². The average molecular weight is 207 g/mol. The fourth-order valence-corrected chi connectivity index (χ4v) is 1.26. The van der Waals surface area contributed by atoms with Crippen LogP contribution in [0.2, 0.25) is 0 Å². The van der Waals surface area contributed by atoms with Crippen molar-refractivity contribution in [1.29, 1.82) is 0 Å². The van der Waals surface area contributed by atoms with Crippen molar-refractivity contribution in [3.63, 3.8) is 0 Å². The summed E-state index contributed by atoms with van der Waals surface area (Å²) >= 11 is 5.47. The van der Waals surface area contributed by atoms with Crippen molar-refractivity contribution >= 4 is 17.4 Å². The van der Waals surface area contributed by atoms with Gasteiger partial charge in [-0.3, -0.25) is 4.79 Å². The van der Waals surface area contributed by atoms with E-state index in [1.54, 1.807) is 6.92 Å². The monoisotopic (exact) mass is 206 g/mol. The van der Waals surface area contributed by atoms with Gasteiger partial charge in [-0.2, -0.15) is 0 Å². The van der Waals surface area contributed by atoms with Crippen molar-refractivity contribution in [3.8, 4) is 11.8 Å². The van der Waals surface area contributed by atoms with Crippen LogP contribution in [0.25, 0.3) is 0 Å². The predicted molar refractivity (Wildman–Crippen MR) is 58.4 cm³/mol. The molecule has 0 fully saturated rings. The number of hydrogen-bond acceptors (Lipinski definition) is 1. The number of halogens is 1. The molecule has 1 rings (SSSR count). The van der Waals surface area contributed by atoms with Crippen molar-refractivity contribution in [2.24, 2.45) is 0 Å². The summed E-state index contributed by atoms with van der Waals surface area (Å²) in [6, 6.07) is 7.63. The highest BCUT2D eigenvalue weighted by atomic mass is 35.5. The van der Waals surface area contributed by atoms with Gasteiger partial charge in [0.1, 0.15) is 5.78 Å². The molecule has 2 heteroatoms. The lowest BCUT2D eigenvalue weighted by molar-refractivity contribution is -0.116. The quantitative estimate of drug-likeness (QED) is 0.537. The minimum Gasteiger partial charge on any atom is -0.300 e. The summed E-state index contributed by atoms with van der Waals surface area (Å²) in [4.78, 5) is 11.0. The first-order valence-corrected chi connectivity index (χ1v) is 4.89. The molecule has 0 unspecified atom stereocenters. The number of benzene rings is 1. The van der Waals surface area contributed by atoms with Gasteiger partial charge in [0.05, 0.1) is 5.88 Å². The number of alkyl halides is 1. The van der Waals surface area contributed by atoms with Crippen LogP contribution in [0, 0.1) is 11.8 Å². The second kappa shape index (κ2) is 5.47. The fraction of sp³-hybridized carbons (Fsp3) is 0.250. The maximum Gasteiger partial charge on any atom is 0.134 e. The Morgan fingerprint density at radius 3 is 2.79 bits per heavy atom. The summed E-state index contributed by atoms with van der Waals surface area (Å²) in [6.45, 7) is 1.58. The molecule has 0 aliphatic rings. The van der Waals surface area contributed by atoms with Gasteiger partial charge in [-0.05, 0) is 18.6 Å². The van der Waals surface area contributed by atoms with E-state index in [9.17, 15) is 4.79 Å². The molecule has 0 aliphatic heterocycles. The predicted octanol–water partition coefficient (Wildman–Crippen LogP) is 2.41. The minimum absolute atomic E-state index is 0.144. The van der Waals surface area contributed by atoms with Crippen LogP contribution >= 0.6 is 11.6 Å². The van der Waals surface area contributed by atoms with E-state index in [0.29, 0.717) is 12.3 Å². The van der Waals surface area contributed by atoms with Gasteiger partial charge in [-0.25, -0.2) is 0 Å². The first-order chi connectivity index (χ1) is 6.74. The molecule has 0 saturated heterocycles. The van der Waals surface area contributed by atoms with Crippen molar-refractivity contribution in [2.45, 2.75) is 13.3 Å². The van der Waals surface area contributed by atoms with E-state index >= 15 is 0 Å². The van der Waals surface area contributed by atoms with Crippen molar-refractivity contribution < 1.29 is 4.79 Å². The van der Waals surface area contributed by atoms with Crippen LogP contribution < -0.4 is 0 Å². The minimum atomic E-state index is 0.144. The summed E-state index contributed by atoms with van der Waals surface area (Å²) in [5.74, 6) is 6.17. The summed E-state index contributed by atoms with van der Waals surface area (Å²) in [7, 11) is 0. The molecule has 0 N–H and O–H groups in total. The van der Waals surface area contributed by atoms with Gasteiger partial charge < -0.3 is 0 Å². The third kappa shape index (κ3) is 3.24. The molecular formula is C12H11ClO. The van der Waals surface area contributed by atoms with Gasteiger partial charge in [-0.1, -0.05) is 30.0 Å². The zero-order chi connectivity index (χ0) is 10.4. The lowest BCUT2D eigenvalue weighted by atomic mass is 10.0. The van der Waals surface area contributed by atoms with E-state index in [0.717, 1.165) is 11.1 Å². The number of Topliss-reactive ketones (excluding diaryl/α,β-unsaturated/α-hetero) is 1. The number of carbonyl (C=O) groups excluding carboxylic acids is 1. The van der Waals surface area contributed by atoms with Crippen LogP contribution in [-0.2, 0) is 11.2 Å². The van der Waals surface area contributed by atoms with E-state index in [-0.39, 0.29) is 5.78 Å². The molecule has 0 atom stereocenters. The Morgan fingerprint density at radius 1 is 1.43 bits per heavy atom. The Labute approximate surface area is 89.1 Å². The SMILES string of the molecule is CC(=O)Cc1ccccc1C#CCCl. The lowest BCUT2D eigenvalue weighted by Gasteiger charge is -2.00. The molecular weight excluding hydrogens is 196 g/mol. The largest absolute Gasteiger partial charge is 0.300 e. The van der Waals surface area contributed by atoms with Crippen molar-refractivity contribution in [1.82, 2.24) is 0 Å².